The molecule has 0 saturated carbocycles. The lowest BCUT2D eigenvalue weighted by Crippen LogP contribution is -2.30. The Hall–Kier alpha value is -2.14. The molecule has 3 N–H and O–H groups in total. The summed E-state index contributed by atoms with van der Waals surface area (Å²) in [6, 6.07) is 14.1. The van der Waals surface area contributed by atoms with E-state index in [4.69, 9.17) is 29.0 Å². The molecule has 0 fully saturated rings. The van der Waals surface area contributed by atoms with Gasteiger partial charge in [0.15, 0.2) is 0 Å². The second-order valence-electron chi connectivity index (χ2n) is 4.67. The maximum absolute atomic E-state index is 12.0. The predicted octanol–water partition coefficient (Wildman–Crippen LogP) is 3.81. The van der Waals surface area contributed by atoms with E-state index in [2.05, 4.69) is 10.4 Å². The number of fused-ring (bicyclic) bond motifs is 1. The van der Waals surface area contributed by atoms with Gasteiger partial charge in [0, 0.05) is 16.0 Å². The summed E-state index contributed by atoms with van der Waals surface area (Å²) in [7, 11) is 0. The molecule has 6 heteroatoms. The van der Waals surface area contributed by atoms with Crippen LogP contribution in [-0.4, -0.2) is 10.9 Å². The van der Waals surface area contributed by atoms with Gasteiger partial charge in [-0.1, -0.05) is 41.4 Å². The Morgan fingerprint density at radius 1 is 1.09 bits per heavy atom. The third-order valence-corrected chi connectivity index (χ3v) is 3.85. The molecule has 1 amide bonds. The minimum Gasteiger partial charge on any atom is -0.290 e. The molecule has 0 bridgehead atoms. The van der Waals surface area contributed by atoms with Crippen LogP contribution in [0.3, 0.4) is 0 Å². The smallest absolute Gasteiger partial charge is 0.265 e. The van der Waals surface area contributed by atoms with E-state index in [0.29, 0.717) is 32.4 Å². The Morgan fingerprint density at radius 2 is 1.86 bits per heavy atom. The monoisotopic (exact) mass is 331 g/mol. The number of nitrogen functional groups attached to an aromatic ring is 1. The fourth-order valence-electron chi connectivity index (χ4n) is 2.28. The van der Waals surface area contributed by atoms with Crippen LogP contribution in [-0.2, 0) is 0 Å². The number of para-hydroxylation sites is 1. The van der Waals surface area contributed by atoms with Gasteiger partial charge in [0.25, 0.3) is 5.91 Å². The van der Waals surface area contributed by atoms with E-state index in [1.807, 2.05) is 24.3 Å². The van der Waals surface area contributed by atoms with Crippen LogP contribution in [0.2, 0.25) is 10.0 Å². The Morgan fingerprint density at radius 3 is 2.59 bits per heavy atom. The lowest BCUT2D eigenvalue weighted by Gasteiger charge is -2.10. The molecule has 3 aromatic rings. The lowest BCUT2D eigenvalue weighted by atomic mass is 10.0. The number of halogens is 2. The van der Waals surface area contributed by atoms with E-state index in [0.717, 1.165) is 5.39 Å². The van der Waals surface area contributed by atoms with Crippen molar-refractivity contribution in [2.45, 2.75) is 0 Å². The first-order valence-corrected chi connectivity index (χ1v) is 7.22. The van der Waals surface area contributed by atoms with Crippen molar-refractivity contribution < 1.29 is 4.79 Å². The number of aromatic nitrogens is 1. The molecular formula is C16H11Cl2N3O. The second-order valence-corrected chi connectivity index (χ2v) is 5.51. The van der Waals surface area contributed by atoms with E-state index in [1.54, 1.807) is 24.3 Å². The molecule has 0 aliphatic rings. The summed E-state index contributed by atoms with van der Waals surface area (Å²) in [5, 5.41) is 1.73. The van der Waals surface area contributed by atoms with Crippen molar-refractivity contribution in [3.05, 3.63) is 64.1 Å². The van der Waals surface area contributed by atoms with Crippen LogP contribution < -0.4 is 11.3 Å². The minimum atomic E-state index is -0.384. The number of carbonyl (C=O) groups is 1. The number of hydrazine groups is 1. The van der Waals surface area contributed by atoms with Crippen molar-refractivity contribution in [3.8, 4) is 11.3 Å². The van der Waals surface area contributed by atoms with Crippen LogP contribution in [0.1, 0.15) is 10.4 Å². The van der Waals surface area contributed by atoms with E-state index in [9.17, 15) is 4.79 Å². The zero-order chi connectivity index (χ0) is 15.7. The molecule has 0 unspecified atom stereocenters. The summed E-state index contributed by atoms with van der Waals surface area (Å²) >= 11 is 12.1. The molecule has 0 aliphatic heterocycles. The summed E-state index contributed by atoms with van der Waals surface area (Å²) in [6.45, 7) is 0. The number of nitrogens with one attached hydrogen (secondary N) is 1. The van der Waals surface area contributed by atoms with Gasteiger partial charge < -0.3 is 0 Å². The number of nitrogens with zero attached hydrogens (tertiary/aromatic N) is 1. The maximum atomic E-state index is 12.0. The van der Waals surface area contributed by atoms with Crippen LogP contribution in [0, 0.1) is 0 Å². The molecule has 0 radical (unpaired) electrons. The molecule has 22 heavy (non-hydrogen) atoms. The third-order valence-electron chi connectivity index (χ3n) is 3.30. The van der Waals surface area contributed by atoms with Gasteiger partial charge in [0.1, 0.15) is 0 Å². The summed E-state index contributed by atoms with van der Waals surface area (Å²) in [6.07, 6.45) is 0. The minimum absolute atomic E-state index is 0.384. The van der Waals surface area contributed by atoms with Crippen molar-refractivity contribution in [2.75, 3.05) is 0 Å². The molecule has 3 rings (SSSR count). The molecule has 110 valence electrons. The number of nitrogens with two attached hydrogens (primary N) is 1. The van der Waals surface area contributed by atoms with Crippen LogP contribution in [0.5, 0.6) is 0 Å². The van der Waals surface area contributed by atoms with E-state index in [-0.39, 0.29) is 5.91 Å². The fourth-order valence-corrected chi connectivity index (χ4v) is 2.78. The summed E-state index contributed by atoms with van der Waals surface area (Å²) in [4.78, 5) is 16.6. The number of hydrogen-bond donors (Lipinski definition) is 2. The highest BCUT2D eigenvalue weighted by Crippen LogP contribution is 2.31. The lowest BCUT2D eigenvalue weighted by molar-refractivity contribution is 0.0955. The van der Waals surface area contributed by atoms with Gasteiger partial charge in [0.2, 0.25) is 0 Å². The first kappa shape index (κ1) is 14.8. The van der Waals surface area contributed by atoms with Gasteiger partial charge in [-0.05, 0) is 30.3 Å². The van der Waals surface area contributed by atoms with Gasteiger partial charge in [0.05, 0.1) is 21.8 Å². The topological polar surface area (TPSA) is 68.0 Å². The van der Waals surface area contributed by atoms with Crippen molar-refractivity contribution in [1.29, 1.82) is 0 Å². The molecule has 4 nitrogen and oxygen atoms in total. The van der Waals surface area contributed by atoms with Crippen molar-refractivity contribution in [3.63, 3.8) is 0 Å². The molecular weight excluding hydrogens is 321 g/mol. The van der Waals surface area contributed by atoms with Crippen LogP contribution >= 0.6 is 23.2 Å². The number of rotatable bonds is 2. The first-order valence-electron chi connectivity index (χ1n) is 6.46. The number of pyridine rings is 1. The Bertz CT molecular complexity index is 880. The van der Waals surface area contributed by atoms with Gasteiger partial charge in [-0.2, -0.15) is 0 Å². The van der Waals surface area contributed by atoms with Crippen LogP contribution in [0.25, 0.3) is 22.2 Å². The number of carbonyl (C=O) groups excluding carboxylic acids is 1. The second kappa shape index (κ2) is 5.93. The van der Waals surface area contributed by atoms with E-state index < -0.39 is 0 Å². The molecule has 1 aromatic heterocycles. The first-order chi connectivity index (χ1) is 10.6. The molecule has 0 aliphatic carbocycles. The molecule has 0 saturated heterocycles. The summed E-state index contributed by atoms with van der Waals surface area (Å²) in [5.74, 6) is 4.89. The normalized spacial score (nSPS) is 10.7. The highest BCUT2D eigenvalue weighted by Gasteiger charge is 2.14. The average molecular weight is 332 g/mol. The number of benzene rings is 2. The third kappa shape index (κ3) is 2.64. The Balaban J connectivity index is 2.29. The van der Waals surface area contributed by atoms with Crippen molar-refractivity contribution in [2.24, 2.45) is 5.84 Å². The van der Waals surface area contributed by atoms with Gasteiger partial charge >= 0.3 is 0 Å². The van der Waals surface area contributed by atoms with Crippen LogP contribution in [0.4, 0.5) is 0 Å². The summed E-state index contributed by atoms with van der Waals surface area (Å²) < 4.78 is 0. The Labute approximate surface area is 136 Å². The zero-order valence-electron chi connectivity index (χ0n) is 11.3. The zero-order valence-corrected chi connectivity index (χ0v) is 12.8. The van der Waals surface area contributed by atoms with Crippen molar-refractivity contribution >= 4 is 40.0 Å². The largest absolute Gasteiger partial charge is 0.290 e. The fraction of sp³-hybridized carbons (Fsp3) is 0. The highest BCUT2D eigenvalue weighted by atomic mass is 35.5. The molecule has 0 atom stereocenters. The molecule has 1 heterocycles. The quantitative estimate of drug-likeness (QED) is 0.426. The SMILES string of the molecule is NNC(=O)c1cc(-c2ccc(Cl)cc2Cl)nc2ccccc12. The molecule has 0 spiro atoms. The number of hydrogen-bond acceptors (Lipinski definition) is 3. The summed E-state index contributed by atoms with van der Waals surface area (Å²) in [5.41, 5.74) is 4.56. The van der Waals surface area contributed by atoms with Gasteiger partial charge in [-0.25, -0.2) is 10.8 Å². The van der Waals surface area contributed by atoms with E-state index >= 15 is 0 Å². The highest BCUT2D eigenvalue weighted by molar-refractivity contribution is 6.36. The van der Waals surface area contributed by atoms with Crippen LogP contribution in [0.15, 0.2) is 48.5 Å². The predicted molar refractivity (Wildman–Crippen MR) is 88.9 cm³/mol. The maximum Gasteiger partial charge on any atom is 0.265 e. The van der Waals surface area contributed by atoms with Gasteiger partial charge in [-0.15, -0.1) is 0 Å². The average Bonchev–Trinajstić information content (AvgIpc) is 2.53. The standard InChI is InChI=1S/C16H11Cl2N3O/c17-9-5-6-11(13(18)7-9)15-8-12(16(22)21-19)10-3-1-2-4-14(10)20-15/h1-8H,19H2,(H,21,22). The Kier molecular flexibility index (Phi) is 3.98. The van der Waals surface area contributed by atoms with Gasteiger partial charge in [-0.3, -0.25) is 10.2 Å². The molecule has 2 aromatic carbocycles. The number of amides is 1. The van der Waals surface area contributed by atoms with E-state index in [1.165, 1.54) is 0 Å². The van der Waals surface area contributed by atoms with Crippen molar-refractivity contribution in [1.82, 2.24) is 10.4 Å².